The monoisotopic (exact) mass is 682 g/mol. The molecule has 10 nitrogen and oxygen atoms in total. The Bertz CT molecular complexity index is 1690. The quantitative estimate of drug-likeness (QED) is 0.145. The highest BCUT2D eigenvalue weighted by Gasteiger charge is 2.27. The fraction of sp³-hybridized carbons (Fsp3) is 0.300. The number of methoxy groups -OCH3 is 2. The number of rotatable bonds is 17. The Balaban J connectivity index is 0.00000468. The van der Waals surface area contributed by atoms with Crippen molar-refractivity contribution in [2.24, 2.45) is 0 Å². The summed E-state index contributed by atoms with van der Waals surface area (Å²) in [6, 6.07) is 31.9. The van der Waals surface area contributed by atoms with Crippen molar-refractivity contribution in [3.8, 4) is 11.5 Å². The normalized spacial score (nSPS) is 11.8. The number of carbonyl (C=O) groups is 4. The highest BCUT2D eigenvalue weighted by Crippen LogP contribution is 2.21. The predicted octanol–water partition coefficient (Wildman–Crippen LogP) is 5.84. The van der Waals surface area contributed by atoms with Gasteiger partial charge in [0.05, 0.1) is 14.2 Å². The lowest BCUT2D eigenvalue weighted by Gasteiger charge is -2.25. The van der Waals surface area contributed by atoms with Gasteiger partial charge in [-0.2, -0.15) is 0 Å². The number of hydrogen-bond donors (Lipinski definition) is 2. The van der Waals surface area contributed by atoms with Crippen molar-refractivity contribution in [1.29, 1.82) is 0 Å². The van der Waals surface area contributed by atoms with E-state index in [2.05, 4.69) is 10.6 Å². The number of carbonyl (C=O) groups excluding carboxylic acids is 4. The molecule has 0 aromatic heterocycles. The summed E-state index contributed by atoms with van der Waals surface area (Å²) in [6.07, 6.45) is 1.62. The summed E-state index contributed by atoms with van der Waals surface area (Å²) in [6.45, 7) is 0. The summed E-state index contributed by atoms with van der Waals surface area (Å²) in [5.74, 6) is 0.150. The van der Waals surface area contributed by atoms with Crippen LogP contribution in [0.4, 0.5) is 11.4 Å². The molecule has 4 aromatic rings. The average Bonchev–Trinajstić information content (AvgIpc) is 3.15. The molecular formula is C40H50N4O6. The number of ether oxygens (including phenoxy) is 2. The van der Waals surface area contributed by atoms with Crippen LogP contribution in [-0.2, 0) is 32.0 Å². The molecule has 0 saturated heterocycles. The summed E-state index contributed by atoms with van der Waals surface area (Å²) in [5, 5.41) is 5.81. The van der Waals surface area contributed by atoms with Crippen LogP contribution >= 0.6 is 0 Å². The van der Waals surface area contributed by atoms with E-state index in [9.17, 15) is 19.2 Å². The number of anilines is 2. The minimum absolute atomic E-state index is 0. The Hall–Kier alpha value is -5.64. The highest BCUT2D eigenvalue weighted by molar-refractivity contribution is 6.00. The van der Waals surface area contributed by atoms with E-state index < -0.39 is 12.1 Å². The van der Waals surface area contributed by atoms with Crippen LogP contribution in [0.5, 0.6) is 11.5 Å². The molecule has 0 fully saturated rings. The zero-order valence-electron chi connectivity index (χ0n) is 29.1. The number of hydrogen-bond acceptors (Lipinski definition) is 6. The molecule has 0 saturated carbocycles. The molecular weight excluding hydrogens is 632 g/mol. The lowest BCUT2D eigenvalue weighted by atomic mass is 10.0. The fourth-order valence-electron chi connectivity index (χ4n) is 5.54. The first-order valence-corrected chi connectivity index (χ1v) is 16.7. The molecule has 4 rings (SSSR count). The Morgan fingerprint density at radius 1 is 0.600 bits per heavy atom. The third kappa shape index (κ3) is 10.9. The molecule has 0 spiro atoms. The maximum Gasteiger partial charge on any atom is 0.249 e. The molecule has 10 heteroatoms. The maximum atomic E-state index is 13.6. The summed E-state index contributed by atoms with van der Waals surface area (Å²) in [5.41, 5.74) is 3.29. The van der Waals surface area contributed by atoms with Gasteiger partial charge in [0.2, 0.25) is 23.6 Å². The maximum absolute atomic E-state index is 13.6. The van der Waals surface area contributed by atoms with Crippen LogP contribution in [0.3, 0.4) is 0 Å². The summed E-state index contributed by atoms with van der Waals surface area (Å²) >= 11 is 0. The fourth-order valence-corrected chi connectivity index (χ4v) is 5.54. The molecule has 0 unspecified atom stereocenters. The zero-order chi connectivity index (χ0) is 35.9. The van der Waals surface area contributed by atoms with Crippen molar-refractivity contribution in [3.05, 3.63) is 120 Å². The number of aryl methyl sites for hydroxylation is 1. The van der Waals surface area contributed by atoms with Crippen molar-refractivity contribution >= 4 is 35.0 Å². The second kappa shape index (κ2) is 18.8. The van der Waals surface area contributed by atoms with Crippen molar-refractivity contribution in [2.75, 3.05) is 38.1 Å². The molecule has 0 radical (unpaired) electrons. The number of nitrogens with one attached hydrogen (secondary N) is 2. The number of likely N-dealkylation sites (N-methyl/N-ethyl adjacent to an activating group) is 2. The van der Waals surface area contributed by atoms with Crippen molar-refractivity contribution < 1.29 is 31.5 Å². The van der Waals surface area contributed by atoms with Gasteiger partial charge in [-0.25, -0.2) is 0 Å². The van der Waals surface area contributed by atoms with Gasteiger partial charge in [0.1, 0.15) is 23.6 Å². The van der Waals surface area contributed by atoms with E-state index in [0.29, 0.717) is 42.1 Å². The molecule has 50 heavy (non-hydrogen) atoms. The number of amides is 4. The smallest absolute Gasteiger partial charge is 0.249 e. The number of nitrogens with zero attached hydrogens (tertiary/aromatic N) is 2. The van der Waals surface area contributed by atoms with Gasteiger partial charge >= 0.3 is 0 Å². The lowest BCUT2D eigenvalue weighted by molar-refractivity contribution is -0.128. The molecule has 2 atom stereocenters. The molecule has 2 N–H and O–H groups in total. The van der Waals surface area contributed by atoms with E-state index in [0.717, 1.165) is 11.1 Å². The van der Waals surface area contributed by atoms with Gasteiger partial charge < -0.3 is 29.9 Å². The molecule has 0 bridgehead atoms. The SMILES string of the molecule is COc1ccc(N(C)C(=O)[C@H](CCc2ccccc2)NC(=O)CCCC(=O)N[C@@H](Cc2ccccc2)C(=O)N(C)c2ccc(OC)cc2)cc1.[HH].[HH]. The van der Waals surface area contributed by atoms with E-state index in [1.54, 1.807) is 76.8 Å². The van der Waals surface area contributed by atoms with Gasteiger partial charge in [0, 0.05) is 47.6 Å². The average molecular weight is 683 g/mol. The molecule has 4 amide bonds. The Labute approximate surface area is 297 Å². The summed E-state index contributed by atoms with van der Waals surface area (Å²) in [4.78, 5) is 56.6. The first-order chi connectivity index (χ1) is 24.2. The Morgan fingerprint density at radius 3 is 1.48 bits per heavy atom. The van der Waals surface area contributed by atoms with Gasteiger partial charge in [-0.1, -0.05) is 60.7 Å². The predicted molar refractivity (Wildman–Crippen MR) is 200 cm³/mol. The lowest BCUT2D eigenvalue weighted by Crippen LogP contribution is -2.49. The third-order valence-electron chi connectivity index (χ3n) is 8.50. The minimum atomic E-state index is -0.820. The summed E-state index contributed by atoms with van der Waals surface area (Å²) in [7, 11) is 6.49. The van der Waals surface area contributed by atoms with Crippen LogP contribution in [0.2, 0.25) is 0 Å². The van der Waals surface area contributed by atoms with Gasteiger partial charge in [-0.05, 0) is 78.9 Å². The van der Waals surface area contributed by atoms with Crippen LogP contribution in [0.15, 0.2) is 109 Å². The molecule has 0 aliphatic heterocycles. The Kier molecular flexibility index (Phi) is 14.0. The highest BCUT2D eigenvalue weighted by atomic mass is 16.5. The van der Waals surface area contributed by atoms with E-state index in [1.807, 2.05) is 60.7 Å². The van der Waals surface area contributed by atoms with Crippen LogP contribution in [-0.4, -0.2) is 64.0 Å². The van der Waals surface area contributed by atoms with Gasteiger partial charge in [-0.15, -0.1) is 0 Å². The van der Waals surface area contributed by atoms with E-state index in [4.69, 9.17) is 9.47 Å². The Morgan fingerprint density at radius 2 is 1.02 bits per heavy atom. The zero-order valence-corrected chi connectivity index (χ0v) is 29.1. The molecule has 0 aliphatic carbocycles. The standard InChI is InChI=1S/C40H46N4O6.2H2/c1-43(31-19-23-33(49-3)24-20-31)39(47)35(27-18-29-12-7-5-8-13-29)41-37(45)16-11-17-38(46)42-36(28-30-14-9-6-10-15-30)40(48)44(2)32-21-25-34(50-4)26-22-32;;/h5-10,12-15,19-26,35-36H,11,16-18,27-28H2,1-4H3,(H,41,45)(H,42,46);2*1H/t35-,36-;;/m0../s1. The van der Waals surface area contributed by atoms with Gasteiger partial charge in [0.25, 0.3) is 0 Å². The minimum Gasteiger partial charge on any atom is -0.497 e. The van der Waals surface area contributed by atoms with Gasteiger partial charge in [-0.3, -0.25) is 19.2 Å². The van der Waals surface area contributed by atoms with E-state index in [1.165, 1.54) is 9.80 Å². The third-order valence-corrected chi connectivity index (χ3v) is 8.50. The van der Waals surface area contributed by atoms with Crippen molar-refractivity contribution in [1.82, 2.24) is 10.6 Å². The van der Waals surface area contributed by atoms with Gasteiger partial charge in [0.15, 0.2) is 0 Å². The topological polar surface area (TPSA) is 117 Å². The van der Waals surface area contributed by atoms with Crippen LogP contribution < -0.4 is 29.9 Å². The molecule has 0 aliphatic rings. The van der Waals surface area contributed by atoms with Crippen LogP contribution in [0.1, 0.15) is 39.7 Å². The second-order valence-electron chi connectivity index (χ2n) is 12.0. The van der Waals surface area contributed by atoms with E-state index in [-0.39, 0.29) is 45.7 Å². The first-order valence-electron chi connectivity index (χ1n) is 16.7. The second-order valence-corrected chi connectivity index (χ2v) is 12.0. The number of benzene rings is 4. The molecule has 266 valence electrons. The van der Waals surface area contributed by atoms with Crippen LogP contribution in [0.25, 0.3) is 0 Å². The summed E-state index contributed by atoms with van der Waals surface area (Å²) < 4.78 is 10.5. The largest absolute Gasteiger partial charge is 0.497 e. The first kappa shape index (κ1) is 37.2. The van der Waals surface area contributed by atoms with E-state index >= 15 is 0 Å². The molecule has 4 aromatic carbocycles. The van der Waals surface area contributed by atoms with Crippen LogP contribution in [0, 0.1) is 0 Å². The van der Waals surface area contributed by atoms with Crippen molar-refractivity contribution in [3.63, 3.8) is 0 Å². The molecule has 0 heterocycles. The van der Waals surface area contributed by atoms with Crippen molar-refractivity contribution in [2.45, 2.75) is 50.6 Å².